The number of rotatable bonds is 5. The van der Waals surface area contributed by atoms with Crippen LogP contribution in [0.4, 0.5) is 0 Å². The van der Waals surface area contributed by atoms with Crippen LogP contribution in [0.2, 0.25) is 0 Å². The van der Waals surface area contributed by atoms with Crippen LogP contribution in [0.25, 0.3) is 111 Å². The lowest BCUT2D eigenvalue weighted by Gasteiger charge is -2.12. The van der Waals surface area contributed by atoms with E-state index in [0.717, 1.165) is 72.9 Å². The van der Waals surface area contributed by atoms with Crippen molar-refractivity contribution < 1.29 is 0 Å². The van der Waals surface area contributed by atoms with Crippen molar-refractivity contribution in [1.29, 1.82) is 0 Å². The summed E-state index contributed by atoms with van der Waals surface area (Å²) in [6.07, 6.45) is 0. The summed E-state index contributed by atoms with van der Waals surface area (Å²) in [5, 5.41) is 7.37. The highest BCUT2D eigenvalue weighted by Crippen LogP contribution is 2.42. The number of para-hydroxylation sites is 2. The molecule has 270 valence electrons. The van der Waals surface area contributed by atoms with Crippen molar-refractivity contribution in [2.45, 2.75) is 0 Å². The van der Waals surface area contributed by atoms with Gasteiger partial charge in [0.15, 0.2) is 0 Å². The van der Waals surface area contributed by atoms with E-state index in [2.05, 4.69) is 173 Å². The van der Waals surface area contributed by atoms with E-state index in [1.165, 1.54) is 37.8 Å². The van der Waals surface area contributed by atoms with Gasteiger partial charge in [0.25, 0.3) is 0 Å². The number of aromatic nitrogens is 5. The van der Waals surface area contributed by atoms with Gasteiger partial charge in [0.1, 0.15) is 5.82 Å². The van der Waals surface area contributed by atoms with Crippen LogP contribution in [-0.4, -0.2) is 24.1 Å². The van der Waals surface area contributed by atoms with E-state index in [-0.39, 0.29) is 0 Å². The SMILES string of the molecule is c1ccc(-c2nc3ccc(-c4cccc(-n5c6ccccc6c6cc7c8c9ccccc9ccc8n(-c8ccccc8)c7cc65)n4)cc3nc2-c2ccccc2)cc1. The molecule has 0 amide bonds. The molecule has 8 aromatic carbocycles. The molecular weight excluding hydrogens is 707 g/mol. The molecule has 0 fully saturated rings. The molecule has 0 aliphatic rings. The second-order valence-electron chi connectivity index (χ2n) is 14.8. The first-order chi connectivity index (χ1) is 28.8. The molecule has 4 aromatic heterocycles. The molecule has 4 heterocycles. The van der Waals surface area contributed by atoms with Crippen molar-refractivity contribution in [1.82, 2.24) is 24.1 Å². The number of benzene rings is 8. The summed E-state index contributed by atoms with van der Waals surface area (Å²) in [7, 11) is 0. The van der Waals surface area contributed by atoms with Crippen molar-refractivity contribution in [3.8, 4) is 45.3 Å². The predicted molar refractivity (Wildman–Crippen MR) is 240 cm³/mol. The van der Waals surface area contributed by atoms with Crippen molar-refractivity contribution in [3.63, 3.8) is 0 Å². The van der Waals surface area contributed by atoms with Crippen molar-refractivity contribution >= 4 is 65.4 Å². The maximum absolute atomic E-state index is 5.39. The Kier molecular flexibility index (Phi) is 7.16. The smallest absolute Gasteiger partial charge is 0.138 e. The van der Waals surface area contributed by atoms with Gasteiger partial charge in [-0.15, -0.1) is 0 Å². The highest BCUT2D eigenvalue weighted by atomic mass is 15.1. The fourth-order valence-electron chi connectivity index (χ4n) is 8.87. The van der Waals surface area contributed by atoms with Crippen LogP contribution in [0.3, 0.4) is 0 Å². The third-order valence-electron chi connectivity index (χ3n) is 11.5. The first-order valence-electron chi connectivity index (χ1n) is 19.6. The lowest BCUT2D eigenvalue weighted by atomic mass is 10.0. The average molecular weight is 740 g/mol. The Hall–Kier alpha value is -7.89. The molecule has 12 aromatic rings. The summed E-state index contributed by atoms with van der Waals surface area (Å²) >= 11 is 0. The van der Waals surface area contributed by atoms with Crippen LogP contribution in [0.5, 0.6) is 0 Å². The van der Waals surface area contributed by atoms with E-state index in [1.54, 1.807) is 0 Å². The van der Waals surface area contributed by atoms with Gasteiger partial charge in [-0.25, -0.2) is 15.0 Å². The van der Waals surface area contributed by atoms with Crippen LogP contribution < -0.4 is 0 Å². The van der Waals surface area contributed by atoms with Crippen molar-refractivity contribution in [3.05, 3.63) is 200 Å². The number of pyridine rings is 1. The van der Waals surface area contributed by atoms with Gasteiger partial charge in [0.2, 0.25) is 0 Å². The molecule has 0 atom stereocenters. The Morgan fingerprint density at radius 3 is 1.76 bits per heavy atom. The molecule has 0 aliphatic heterocycles. The van der Waals surface area contributed by atoms with Gasteiger partial charge >= 0.3 is 0 Å². The number of fused-ring (bicyclic) bond motifs is 9. The zero-order valence-corrected chi connectivity index (χ0v) is 31.3. The van der Waals surface area contributed by atoms with Gasteiger partial charge in [-0.05, 0) is 71.4 Å². The summed E-state index contributed by atoms with van der Waals surface area (Å²) in [6, 6.07) is 70.6. The quantitative estimate of drug-likeness (QED) is 0.177. The lowest BCUT2D eigenvalue weighted by molar-refractivity contribution is 1.08. The second-order valence-corrected chi connectivity index (χ2v) is 14.8. The number of nitrogens with zero attached hydrogens (tertiary/aromatic N) is 5. The lowest BCUT2D eigenvalue weighted by Crippen LogP contribution is -1.99. The minimum absolute atomic E-state index is 0.823. The van der Waals surface area contributed by atoms with E-state index in [1.807, 2.05) is 36.4 Å². The normalized spacial score (nSPS) is 11.8. The topological polar surface area (TPSA) is 48.5 Å². The van der Waals surface area contributed by atoms with Crippen LogP contribution in [0.15, 0.2) is 200 Å². The summed E-state index contributed by atoms with van der Waals surface area (Å²) in [5.74, 6) is 0.853. The van der Waals surface area contributed by atoms with Crippen LogP contribution in [0.1, 0.15) is 0 Å². The van der Waals surface area contributed by atoms with E-state index in [9.17, 15) is 0 Å². The zero-order valence-electron chi connectivity index (χ0n) is 31.3. The number of hydrogen-bond donors (Lipinski definition) is 0. The van der Waals surface area contributed by atoms with Gasteiger partial charge in [-0.3, -0.25) is 4.57 Å². The molecule has 12 rings (SSSR count). The molecule has 0 unspecified atom stereocenters. The molecule has 0 spiro atoms. The Labute approximate surface area is 333 Å². The van der Waals surface area contributed by atoms with Gasteiger partial charge in [-0.1, -0.05) is 140 Å². The molecule has 0 bridgehead atoms. The molecule has 5 heteroatoms. The molecule has 0 aliphatic carbocycles. The Morgan fingerprint density at radius 2 is 0.983 bits per heavy atom. The zero-order chi connectivity index (χ0) is 38.2. The Balaban J connectivity index is 1.07. The van der Waals surface area contributed by atoms with Crippen LogP contribution in [-0.2, 0) is 0 Å². The van der Waals surface area contributed by atoms with E-state index in [0.29, 0.717) is 0 Å². The third kappa shape index (κ3) is 5.00. The minimum atomic E-state index is 0.823. The fourth-order valence-corrected chi connectivity index (χ4v) is 8.87. The average Bonchev–Trinajstić information content (AvgIpc) is 3.80. The van der Waals surface area contributed by atoms with Gasteiger partial charge in [0, 0.05) is 43.9 Å². The van der Waals surface area contributed by atoms with Gasteiger partial charge in [-0.2, -0.15) is 0 Å². The third-order valence-corrected chi connectivity index (χ3v) is 11.5. The van der Waals surface area contributed by atoms with Gasteiger partial charge in [0.05, 0.1) is 50.2 Å². The molecule has 0 radical (unpaired) electrons. The van der Waals surface area contributed by atoms with Crippen molar-refractivity contribution in [2.75, 3.05) is 0 Å². The Morgan fingerprint density at radius 1 is 0.328 bits per heavy atom. The van der Waals surface area contributed by atoms with Gasteiger partial charge < -0.3 is 4.57 Å². The minimum Gasteiger partial charge on any atom is -0.309 e. The standard InChI is InChI=1S/C53H33N5/c1-4-16-35(17-5-1)52-53(36-18-6-2-7-19-36)56-45-31-37(27-29-44(45)55-52)43-24-14-26-50(54-43)58-46-25-13-12-23-40(46)41-32-42-49(33-48(41)58)57(38-20-8-3-9-21-38)47-30-28-34-15-10-11-22-39(34)51(42)47/h1-33H. The monoisotopic (exact) mass is 739 g/mol. The predicted octanol–water partition coefficient (Wildman–Crippen LogP) is 13.4. The number of hydrogen-bond acceptors (Lipinski definition) is 3. The largest absolute Gasteiger partial charge is 0.309 e. The maximum atomic E-state index is 5.39. The van der Waals surface area contributed by atoms with E-state index < -0.39 is 0 Å². The van der Waals surface area contributed by atoms with E-state index in [4.69, 9.17) is 15.0 Å². The van der Waals surface area contributed by atoms with E-state index >= 15 is 0 Å². The summed E-state index contributed by atoms with van der Waals surface area (Å²) in [4.78, 5) is 15.8. The first kappa shape index (κ1) is 32.4. The highest BCUT2D eigenvalue weighted by Gasteiger charge is 2.21. The first-order valence-corrected chi connectivity index (χ1v) is 19.6. The molecule has 0 N–H and O–H groups in total. The molecule has 5 nitrogen and oxygen atoms in total. The maximum Gasteiger partial charge on any atom is 0.138 e. The fraction of sp³-hybridized carbons (Fsp3) is 0. The summed E-state index contributed by atoms with van der Waals surface area (Å²) in [6.45, 7) is 0. The molecule has 0 saturated heterocycles. The molecule has 58 heavy (non-hydrogen) atoms. The highest BCUT2D eigenvalue weighted by molar-refractivity contribution is 6.25. The molecular formula is C53H33N5. The summed E-state index contributed by atoms with van der Waals surface area (Å²) in [5.41, 5.74) is 13.0. The van der Waals surface area contributed by atoms with Crippen molar-refractivity contribution in [2.24, 2.45) is 0 Å². The van der Waals surface area contributed by atoms with Crippen LogP contribution >= 0.6 is 0 Å². The summed E-state index contributed by atoms with van der Waals surface area (Å²) < 4.78 is 4.73. The van der Waals surface area contributed by atoms with Crippen LogP contribution in [0, 0.1) is 0 Å². The second kappa shape index (κ2) is 12.8. The molecule has 0 saturated carbocycles. The Bertz CT molecular complexity index is 3550.